The Balaban J connectivity index is 2.30. The van der Waals surface area contributed by atoms with Gasteiger partial charge in [-0.3, -0.25) is 9.59 Å². The van der Waals surface area contributed by atoms with E-state index in [0.29, 0.717) is 24.4 Å². The SMILES string of the molecule is NC(=O)CCCN1C(=O)CCOc2ccc(C(=O)O)cc21. The van der Waals surface area contributed by atoms with Crippen LogP contribution < -0.4 is 15.4 Å². The molecule has 7 heteroatoms. The lowest BCUT2D eigenvalue weighted by atomic mass is 10.1. The van der Waals surface area contributed by atoms with E-state index in [1.54, 1.807) is 6.07 Å². The van der Waals surface area contributed by atoms with Crippen LogP contribution in [0.2, 0.25) is 0 Å². The molecule has 1 aliphatic rings. The molecule has 0 bridgehead atoms. The average Bonchev–Trinajstić information content (AvgIpc) is 2.57. The molecule has 2 amide bonds. The Morgan fingerprint density at radius 1 is 1.38 bits per heavy atom. The van der Waals surface area contributed by atoms with Crippen LogP contribution in [-0.2, 0) is 9.59 Å². The number of carbonyl (C=O) groups excluding carboxylic acids is 2. The third-order valence-corrected chi connectivity index (χ3v) is 3.18. The van der Waals surface area contributed by atoms with Crippen LogP contribution in [-0.4, -0.2) is 36.0 Å². The van der Waals surface area contributed by atoms with Gasteiger partial charge in [0.15, 0.2) is 0 Å². The maximum Gasteiger partial charge on any atom is 0.335 e. The predicted octanol–water partition coefficient (Wildman–Crippen LogP) is 0.766. The Kier molecular flexibility index (Phi) is 4.42. The number of fused-ring (bicyclic) bond motifs is 1. The molecule has 7 nitrogen and oxygen atoms in total. The van der Waals surface area contributed by atoms with Crippen molar-refractivity contribution >= 4 is 23.5 Å². The zero-order valence-corrected chi connectivity index (χ0v) is 11.4. The molecule has 0 aliphatic carbocycles. The molecule has 0 aromatic heterocycles. The topological polar surface area (TPSA) is 110 Å². The fraction of sp³-hybridized carbons (Fsp3) is 0.357. The number of primary amides is 1. The number of hydrogen-bond acceptors (Lipinski definition) is 4. The van der Waals surface area contributed by atoms with Crippen LogP contribution in [0.1, 0.15) is 29.6 Å². The summed E-state index contributed by atoms with van der Waals surface area (Å²) < 4.78 is 5.46. The third-order valence-electron chi connectivity index (χ3n) is 3.18. The number of carboxylic acids is 1. The second-order valence-electron chi connectivity index (χ2n) is 4.70. The Bertz CT molecular complexity index is 585. The molecule has 0 fully saturated rings. The zero-order valence-electron chi connectivity index (χ0n) is 11.4. The molecule has 1 heterocycles. The molecular weight excluding hydrogens is 276 g/mol. The molecule has 3 N–H and O–H groups in total. The Morgan fingerprint density at radius 2 is 2.14 bits per heavy atom. The number of nitrogens with zero attached hydrogens (tertiary/aromatic N) is 1. The number of carboxylic acid groups (broad SMARTS) is 1. The smallest absolute Gasteiger partial charge is 0.335 e. The number of aromatic carboxylic acids is 1. The molecule has 0 atom stereocenters. The molecule has 1 aromatic carbocycles. The summed E-state index contributed by atoms with van der Waals surface area (Å²) in [6, 6.07) is 4.38. The molecule has 112 valence electrons. The summed E-state index contributed by atoms with van der Waals surface area (Å²) in [7, 11) is 0. The van der Waals surface area contributed by atoms with Crippen LogP contribution >= 0.6 is 0 Å². The van der Waals surface area contributed by atoms with Gasteiger partial charge in [-0.05, 0) is 24.6 Å². The minimum Gasteiger partial charge on any atom is -0.491 e. The fourth-order valence-electron chi connectivity index (χ4n) is 2.16. The zero-order chi connectivity index (χ0) is 15.4. The lowest BCUT2D eigenvalue weighted by molar-refractivity contribution is -0.120. The molecule has 1 aliphatic heterocycles. The van der Waals surface area contributed by atoms with E-state index >= 15 is 0 Å². The molecule has 1 aromatic rings. The fourth-order valence-corrected chi connectivity index (χ4v) is 2.16. The van der Waals surface area contributed by atoms with Crippen molar-refractivity contribution in [1.29, 1.82) is 0 Å². The Hall–Kier alpha value is -2.57. The van der Waals surface area contributed by atoms with Crippen LogP contribution in [0.4, 0.5) is 5.69 Å². The number of benzene rings is 1. The van der Waals surface area contributed by atoms with Crippen molar-refractivity contribution in [3.05, 3.63) is 23.8 Å². The minimum absolute atomic E-state index is 0.0759. The highest BCUT2D eigenvalue weighted by atomic mass is 16.5. The van der Waals surface area contributed by atoms with E-state index in [0.717, 1.165) is 0 Å². The van der Waals surface area contributed by atoms with Crippen molar-refractivity contribution < 1.29 is 24.2 Å². The van der Waals surface area contributed by atoms with Gasteiger partial charge in [-0.25, -0.2) is 4.79 Å². The van der Waals surface area contributed by atoms with E-state index in [1.165, 1.54) is 17.0 Å². The van der Waals surface area contributed by atoms with Crippen molar-refractivity contribution in [3.8, 4) is 5.75 Å². The first-order valence-corrected chi connectivity index (χ1v) is 6.58. The molecule has 21 heavy (non-hydrogen) atoms. The molecule has 0 saturated carbocycles. The van der Waals surface area contributed by atoms with Crippen molar-refractivity contribution in [1.82, 2.24) is 0 Å². The van der Waals surface area contributed by atoms with Crippen molar-refractivity contribution in [3.63, 3.8) is 0 Å². The van der Waals surface area contributed by atoms with Crippen LogP contribution in [0, 0.1) is 0 Å². The molecule has 0 unspecified atom stereocenters. The van der Waals surface area contributed by atoms with Gasteiger partial charge in [0, 0.05) is 13.0 Å². The van der Waals surface area contributed by atoms with E-state index in [4.69, 9.17) is 15.6 Å². The van der Waals surface area contributed by atoms with Crippen LogP contribution in [0.15, 0.2) is 18.2 Å². The Morgan fingerprint density at radius 3 is 2.81 bits per heavy atom. The number of rotatable bonds is 5. The lowest BCUT2D eigenvalue weighted by Crippen LogP contribution is -2.32. The van der Waals surface area contributed by atoms with Gasteiger partial charge >= 0.3 is 5.97 Å². The molecule has 0 spiro atoms. The number of nitrogens with two attached hydrogens (primary N) is 1. The third kappa shape index (κ3) is 3.50. The summed E-state index contributed by atoms with van der Waals surface area (Å²) in [5.41, 5.74) is 5.58. The van der Waals surface area contributed by atoms with Gasteiger partial charge in [0.1, 0.15) is 5.75 Å². The maximum absolute atomic E-state index is 12.1. The molecule has 2 rings (SSSR count). The largest absolute Gasteiger partial charge is 0.491 e. The lowest BCUT2D eigenvalue weighted by Gasteiger charge is -2.22. The highest BCUT2D eigenvalue weighted by Crippen LogP contribution is 2.32. The molecule has 0 radical (unpaired) electrons. The summed E-state index contributed by atoms with van der Waals surface area (Å²) >= 11 is 0. The first kappa shape index (κ1) is 14.8. The molecule has 0 saturated heterocycles. The summed E-state index contributed by atoms with van der Waals surface area (Å²) in [5.74, 6) is -1.22. The van der Waals surface area contributed by atoms with Crippen LogP contribution in [0.3, 0.4) is 0 Å². The van der Waals surface area contributed by atoms with Gasteiger partial charge in [-0.1, -0.05) is 0 Å². The van der Waals surface area contributed by atoms with E-state index in [9.17, 15) is 14.4 Å². The van der Waals surface area contributed by atoms with Crippen LogP contribution in [0.5, 0.6) is 5.75 Å². The predicted molar refractivity (Wildman–Crippen MR) is 74.3 cm³/mol. The summed E-state index contributed by atoms with van der Waals surface area (Å²) in [4.78, 5) is 35.4. The highest BCUT2D eigenvalue weighted by Gasteiger charge is 2.24. The van der Waals surface area contributed by atoms with Crippen molar-refractivity contribution in [2.75, 3.05) is 18.1 Å². The minimum atomic E-state index is -1.08. The second-order valence-corrected chi connectivity index (χ2v) is 4.70. The maximum atomic E-state index is 12.1. The number of hydrogen-bond donors (Lipinski definition) is 2. The van der Waals surface area contributed by atoms with Crippen LogP contribution in [0.25, 0.3) is 0 Å². The van der Waals surface area contributed by atoms with Gasteiger partial charge in [0.2, 0.25) is 11.8 Å². The van der Waals surface area contributed by atoms with Gasteiger partial charge in [0.05, 0.1) is 24.3 Å². The van der Waals surface area contributed by atoms with Crippen molar-refractivity contribution in [2.24, 2.45) is 5.73 Å². The normalized spacial score (nSPS) is 14.1. The van der Waals surface area contributed by atoms with Gasteiger partial charge in [-0.2, -0.15) is 0 Å². The van der Waals surface area contributed by atoms with Crippen molar-refractivity contribution in [2.45, 2.75) is 19.3 Å². The second kappa shape index (κ2) is 6.25. The summed E-state index contributed by atoms with van der Waals surface area (Å²) in [5, 5.41) is 9.05. The van der Waals surface area contributed by atoms with E-state index < -0.39 is 11.9 Å². The standard InChI is InChI=1S/C14H16N2O5/c15-12(17)2-1-6-16-10-8-9(14(19)20)3-4-11(10)21-7-5-13(16)18/h3-4,8H,1-2,5-7H2,(H2,15,17)(H,19,20). The van der Waals surface area contributed by atoms with Gasteiger partial charge in [-0.15, -0.1) is 0 Å². The number of carbonyl (C=O) groups is 3. The van der Waals surface area contributed by atoms with E-state index in [1.807, 2.05) is 0 Å². The van der Waals surface area contributed by atoms with E-state index in [2.05, 4.69) is 0 Å². The number of amides is 2. The van der Waals surface area contributed by atoms with Gasteiger partial charge < -0.3 is 20.5 Å². The van der Waals surface area contributed by atoms with E-state index in [-0.39, 0.29) is 30.9 Å². The first-order chi connectivity index (χ1) is 9.99. The first-order valence-electron chi connectivity index (χ1n) is 6.58. The highest BCUT2D eigenvalue weighted by molar-refractivity contribution is 5.98. The molecular formula is C14H16N2O5. The number of ether oxygens (including phenoxy) is 1. The summed E-state index contributed by atoms with van der Waals surface area (Å²) in [6.45, 7) is 0.534. The quantitative estimate of drug-likeness (QED) is 0.832. The Labute approximate surface area is 121 Å². The monoisotopic (exact) mass is 292 g/mol. The average molecular weight is 292 g/mol. The van der Waals surface area contributed by atoms with Gasteiger partial charge in [0.25, 0.3) is 0 Å². The number of anilines is 1. The summed E-state index contributed by atoms with van der Waals surface area (Å²) in [6.07, 6.45) is 0.782.